The molecule has 4 rings (SSSR count). The maximum absolute atomic E-state index is 12.6. The molecule has 0 aliphatic heterocycles. The van der Waals surface area contributed by atoms with Gasteiger partial charge in [-0.25, -0.2) is 0 Å². The van der Waals surface area contributed by atoms with Gasteiger partial charge in [-0.2, -0.15) is 5.26 Å². The van der Waals surface area contributed by atoms with Gasteiger partial charge in [0.1, 0.15) is 11.6 Å². The molecule has 4 aromatic rings. The van der Waals surface area contributed by atoms with E-state index in [-0.39, 0.29) is 5.57 Å². The highest BCUT2D eigenvalue weighted by atomic mass is 35.5. The van der Waals surface area contributed by atoms with Gasteiger partial charge in [0.15, 0.2) is 0 Å². The highest BCUT2D eigenvalue weighted by Crippen LogP contribution is 2.25. The zero-order chi connectivity index (χ0) is 20.9. The van der Waals surface area contributed by atoms with Crippen LogP contribution in [-0.2, 0) is 11.3 Å². The molecule has 5 heteroatoms. The average molecular weight is 412 g/mol. The Bertz CT molecular complexity index is 1270. The Morgan fingerprint density at radius 2 is 1.70 bits per heavy atom. The molecule has 0 saturated carbocycles. The maximum atomic E-state index is 12.6. The summed E-state index contributed by atoms with van der Waals surface area (Å²) in [4.78, 5) is 12.6. The monoisotopic (exact) mass is 411 g/mol. The Labute approximate surface area is 179 Å². The summed E-state index contributed by atoms with van der Waals surface area (Å²) in [6.45, 7) is 0.656. The molecule has 0 saturated heterocycles. The lowest BCUT2D eigenvalue weighted by atomic mass is 10.1. The van der Waals surface area contributed by atoms with Gasteiger partial charge in [-0.05, 0) is 42.0 Å². The van der Waals surface area contributed by atoms with Crippen LogP contribution in [-0.4, -0.2) is 10.5 Å². The van der Waals surface area contributed by atoms with Crippen molar-refractivity contribution in [2.75, 3.05) is 5.32 Å². The summed E-state index contributed by atoms with van der Waals surface area (Å²) >= 11 is 5.99. The molecule has 0 atom stereocenters. The van der Waals surface area contributed by atoms with Gasteiger partial charge in [0.25, 0.3) is 5.91 Å². The minimum Gasteiger partial charge on any atom is -0.342 e. The largest absolute Gasteiger partial charge is 0.342 e. The van der Waals surface area contributed by atoms with Crippen LogP contribution in [0.4, 0.5) is 5.69 Å². The quantitative estimate of drug-likeness (QED) is 0.329. The van der Waals surface area contributed by atoms with Gasteiger partial charge in [-0.3, -0.25) is 4.79 Å². The second-order valence-corrected chi connectivity index (χ2v) is 7.28. The first-order valence-electron chi connectivity index (χ1n) is 9.44. The third-order valence-electron chi connectivity index (χ3n) is 4.78. The fraction of sp³-hybridized carbons (Fsp3) is 0.0400. The van der Waals surface area contributed by atoms with E-state index < -0.39 is 5.91 Å². The van der Waals surface area contributed by atoms with Gasteiger partial charge >= 0.3 is 0 Å². The van der Waals surface area contributed by atoms with Gasteiger partial charge in [-0.15, -0.1) is 0 Å². The first kappa shape index (κ1) is 19.5. The van der Waals surface area contributed by atoms with E-state index in [1.54, 1.807) is 18.2 Å². The highest BCUT2D eigenvalue weighted by Gasteiger charge is 2.13. The van der Waals surface area contributed by atoms with Crippen molar-refractivity contribution in [3.63, 3.8) is 0 Å². The van der Waals surface area contributed by atoms with Crippen molar-refractivity contribution < 1.29 is 4.79 Å². The molecule has 0 unspecified atom stereocenters. The summed E-state index contributed by atoms with van der Waals surface area (Å²) in [5.74, 6) is -0.432. The molecule has 0 bridgehead atoms. The van der Waals surface area contributed by atoms with Gasteiger partial charge in [-0.1, -0.05) is 60.1 Å². The van der Waals surface area contributed by atoms with E-state index in [2.05, 4.69) is 9.88 Å². The van der Waals surface area contributed by atoms with Crippen LogP contribution >= 0.6 is 11.6 Å². The molecule has 0 fully saturated rings. The summed E-state index contributed by atoms with van der Waals surface area (Å²) in [6, 6.07) is 26.8. The van der Waals surface area contributed by atoms with Crippen molar-refractivity contribution in [2.24, 2.45) is 0 Å². The lowest BCUT2D eigenvalue weighted by Crippen LogP contribution is -2.13. The minimum atomic E-state index is -0.432. The zero-order valence-electron chi connectivity index (χ0n) is 16.0. The molecule has 146 valence electrons. The van der Waals surface area contributed by atoms with Crippen molar-refractivity contribution in [3.8, 4) is 6.07 Å². The topological polar surface area (TPSA) is 57.8 Å². The van der Waals surface area contributed by atoms with Gasteiger partial charge in [0.2, 0.25) is 0 Å². The SMILES string of the molecule is N#CC(=Cc1cn(Cc2ccc(Cl)cc2)c2ccccc12)C(=O)Nc1ccccc1. The molecule has 0 spiro atoms. The first-order valence-corrected chi connectivity index (χ1v) is 9.82. The van der Waals surface area contributed by atoms with Crippen LogP contribution in [0.15, 0.2) is 90.6 Å². The average Bonchev–Trinajstić information content (AvgIpc) is 3.11. The van der Waals surface area contributed by atoms with Gasteiger partial charge < -0.3 is 9.88 Å². The third-order valence-corrected chi connectivity index (χ3v) is 5.03. The fourth-order valence-electron chi connectivity index (χ4n) is 3.33. The van der Waals surface area contributed by atoms with Crippen molar-refractivity contribution in [3.05, 3.63) is 107 Å². The van der Waals surface area contributed by atoms with Crippen LogP contribution in [0.25, 0.3) is 17.0 Å². The third kappa shape index (κ3) is 4.27. The van der Waals surface area contributed by atoms with Crippen LogP contribution in [0, 0.1) is 11.3 Å². The molecule has 1 heterocycles. The van der Waals surface area contributed by atoms with Crippen LogP contribution < -0.4 is 5.32 Å². The number of halogens is 1. The number of carbonyl (C=O) groups is 1. The lowest BCUT2D eigenvalue weighted by molar-refractivity contribution is -0.112. The molecule has 4 nitrogen and oxygen atoms in total. The lowest BCUT2D eigenvalue weighted by Gasteiger charge is -2.05. The van der Waals surface area contributed by atoms with E-state index in [1.165, 1.54) is 0 Å². The van der Waals surface area contributed by atoms with E-state index in [4.69, 9.17) is 11.6 Å². The number of carbonyl (C=O) groups excluding carboxylic acids is 1. The number of nitrogens with zero attached hydrogens (tertiary/aromatic N) is 2. The highest BCUT2D eigenvalue weighted by molar-refractivity contribution is 6.30. The number of hydrogen-bond acceptors (Lipinski definition) is 2. The molecule has 3 aromatic carbocycles. The molecule has 1 aromatic heterocycles. The zero-order valence-corrected chi connectivity index (χ0v) is 16.8. The number of anilines is 1. The molecule has 1 amide bonds. The van der Waals surface area contributed by atoms with E-state index in [0.29, 0.717) is 17.3 Å². The minimum absolute atomic E-state index is 0.0493. The van der Waals surface area contributed by atoms with Crippen LogP contribution in [0.5, 0.6) is 0 Å². The van der Waals surface area contributed by atoms with Crippen molar-refractivity contribution in [1.82, 2.24) is 4.57 Å². The second-order valence-electron chi connectivity index (χ2n) is 6.85. The van der Waals surface area contributed by atoms with E-state index in [9.17, 15) is 10.1 Å². The fourth-order valence-corrected chi connectivity index (χ4v) is 3.46. The van der Waals surface area contributed by atoms with Crippen molar-refractivity contribution in [2.45, 2.75) is 6.54 Å². The predicted octanol–water partition coefficient (Wildman–Crippen LogP) is 5.89. The number of aromatic nitrogens is 1. The summed E-state index contributed by atoms with van der Waals surface area (Å²) < 4.78 is 2.11. The number of fused-ring (bicyclic) bond motifs is 1. The summed E-state index contributed by atoms with van der Waals surface area (Å²) in [5, 5.41) is 14.0. The van der Waals surface area contributed by atoms with E-state index in [1.807, 2.05) is 79.0 Å². The Balaban J connectivity index is 1.68. The number of rotatable bonds is 5. The number of benzene rings is 3. The van der Waals surface area contributed by atoms with E-state index >= 15 is 0 Å². The molecular formula is C25H18ClN3O. The van der Waals surface area contributed by atoms with Gasteiger partial charge in [0, 0.05) is 39.9 Å². The summed E-state index contributed by atoms with van der Waals surface area (Å²) in [5.41, 5.74) is 3.65. The Hall–Kier alpha value is -3.81. The molecule has 0 radical (unpaired) electrons. The maximum Gasteiger partial charge on any atom is 0.266 e. The molecule has 0 aliphatic carbocycles. The number of hydrogen-bond donors (Lipinski definition) is 1. The van der Waals surface area contributed by atoms with Crippen molar-refractivity contribution in [1.29, 1.82) is 5.26 Å². The van der Waals surface area contributed by atoms with Crippen LogP contribution in [0.3, 0.4) is 0 Å². The summed E-state index contributed by atoms with van der Waals surface area (Å²) in [7, 11) is 0. The van der Waals surface area contributed by atoms with Crippen LogP contribution in [0.1, 0.15) is 11.1 Å². The van der Waals surface area contributed by atoms with Gasteiger partial charge in [0.05, 0.1) is 0 Å². The summed E-state index contributed by atoms with van der Waals surface area (Å²) in [6.07, 6.45) is 3.60. The predicted molar refractivity (Wildman–Crippen MR) is 121 cm³/mol. The normalized spacial score (nSPS) is 11.3. The first-order chi connectivity index (χ1) is 14.6. The Morgan fingerprint density at radius 3 is 2.43 bits per heavy atom. The number of amides is 1. The number of para-hydroxylation sites is 2. The Morgan fingerprint density at radius 1 is 1.00 bits per heavy atom. The Kier molecular flexibility index (Phi) is 5.65. The molecule has 1 N–H and O–H groups in total. The molecule has 30 heavy (non-hydrogen) atoms. The number of nitriles is 1. The molecule has 0 aliphatic rings. The van der Waals surface area contributed by atoms with Crippen molar-refractivity contribution >= 4 is 40.2 Å². The standard InChI is InChI=1S/C25H18ClN3O/c26-21-12-10-18(11-13-21)16-29-17-20(23-8-4-5-9-24(23)29)14-19(15-27)25(30)28-22-6-2-1-3-7-22/h1-14,17H,16H2,(H,28,30). The number of nitrogens with one attached hydrogen (secondary N) is 1. The van der Waals surface area contributed by atoms with E-state index in [0.717, 1.165) is 22.0 Å². The smallest absolute Gasteiger partial charge is 0.266 e. The van der Waals surface area contributed by atoms with Crippen LogP contribution in [0.2, 0.25) is 5.02 Å². The molecular weight excluding hydrogens is 394 g/mol. The second kappa shape index (κ2) is 8.69.